The van der Waals surface area contributed by atoms with Crippen LogP contribution in [0.3, 0.4) is 0 Å². The zero-order valence-electron chi connectivity index (χ0n) is 25.2. The van der Waals surface area contributed by atoms with Crippen LogP contribution in [-0.2, 0) is 19.2 Å². The van der Waals surface area contributed by atoms with Gasteiger partial charge in [0.25, 0.3) is 11.8 Å². The molecule has 15 heteroatoms. The SMILES string of the molecule is CC1(C)S[C@@H]2[C@H](NC(=O)C(NC(=O)CCCN3C(=O)c4cccc5c(N=[N+]=[N-])ccc(c45)C3=O)c3ccccc3)C(=O)N2[C@@H]1C(=O)O. The minimum Gasteiger partial charge on any atom is -0.480 e. The number of hydrogen-bond acceptors (Lipinski definition) is 8. The topological polar surface area (TPSA) is 202 Å². The number of carbonyl (C=O) groups is 6. The highest BCUT2D eigenvalue weighted by atomic mass is 32.2. The maximum absolute atomic E-state index is 13.5. The van der Waals surface area contributed by atoms with E-state index >= 15 is 0 Å². The van der Waals surface area contributed by atoms with Gasteiger partial charge in [-0.3, -0.25) is 28.9 Å². The molecular formula is C32H29N7O7S. The first-order valence-electron chi connectivity index (χ1n) is 14.8. The Bertz CT molecular complexity index is 1890. The second kappa shape index (κ2) is 12.1. The lowest BCUT2D eigenvalue weighted by Crippen LogP contribution is -2.71. The van der Waals surface area contributed by atoms with Crippen molar-refractivity contribution >= 4 is 63.7 Å². The molecule has 14 nitrogen and oxygen atoms in total. The van der Waals surface area contributed by atoms with Crippen LogP contribution in [0.15, 0.2) is 65.8 Å². The molecule has 3 N–H and O–H groups in total. The van der Waals surface area contributed by atoms with Gasteiger partial charge < -0.3 is 20.6 Å². The van der Waals surface area contributed by atoms with Gasteiger partial charge in [-0.25, -0.2) is 4.79 Å². The zero-order valence-corrected chi connectivity index (χ0v) is 26.1. The van der Waals surface area contributed by atoms with E-state index in [1.807, 2.05) is 0 Å². The Labute approximate surface area is 272 Å². The van der Waals surface area contributed by atoms with Crippen LogP contribution >= 0.6 is 11.8 Å². The molecule has 0 bridgehead atoms. The van der Waals surface area contributed by atoms with E-state index < -0.39 is 63.8 Å². The van der Waals surface area contributed by atoms with E-state index in [4.69, 9.17) is 5.53 Å². The quantitative estimate of drug-likeness (QED) is 0.0965. The van der Waals surface area contributed by atoms with Crippen LogP contribution in [0.4, 0.5) is 5.69 Å². The number of rotatable bonds is 10. The third-order valence-corrected chi connectivity index (χ3v) is 10.2. The molecule has 0 spiro atoms. The van der Waals surface area contributed by atoms with Gasteiger partial charge in [0, 0.05) is 44.8 Å². The van der Waals surface area contributed by atoms with E-state index in [9.17, 15) is 33.9 Å². The van der Waals surface area contributed by atoms with Gasteiger partial charge in [0.05, 0.1) is 0 Å². The predicted octanol–water partition coefficient (Wildman–Crippen LogP) is 3.65. The summed E-state index contributed by atoms with van der Waals surface area (Å²) in [4.78, 5) is 83.3. The molecule has 1 unspecified atom stereocenters. The van der Waals surface area contributed by atoms with Crippen molar-refractivity contribution in [3.63, 3.8) is 0 Å². The number of thioether (sulfide) groups is 1. The van der Waals surface area contributed by atoms with Crippen LogP contribution in [-0.4, -0.2) is 79.2 Å². The lowest BCUT2D eigenvalue weighted by molar-refractivity contribution is -0.161. The molecule has 5 amide bonds. The molecule has 3 heterocycles. The molecule has 0 radical (unpaired) electrons. The van der Waals surface area contributed by atoms with Crippen molar-refractivity contribution in [2.45, 2.75) is 54.9 Å². The predicted molar refractivity (Wildman–Crippen MR) is 170 cm³/mol. The number of β-lactam (4-membered cyclic amide) rings is 1. The number of hydrogen-bond donors (Lipinski definition) is 3. The van der Waals surface area contributed by atoms with Crippen molar-refractivity contribution in [1.29, 1.82) is 0 Å². The molecular weight excluding hydrogens is 626 g/mol. The number of imide groups is 1. The summed E-state index contributed by atoms with van der Waals surface area (Å²) in [5.74, 6) is -3.85. The van der Waals surface area contributed by atoms with Crippen LogP contribution in [0, 0.1) is 0 Å². The van der Waals surface area contributed by atoms with E-state index in [1.54, 1.807) is 62.4 Å². The van der Waals surface area contributed by atoms with Gasteiger partial charge >= 0.3 is 5.97 Å². The molecule has 4 atom stereocenters. The van der Waals surface area contributed by atoms with Gasteiger partial charge in [-0.15, -0.1) is 11.8 Å². The van der Waals surface area contributed by atoms with Gasteiger partial charge in [-0.2, -0.15) is 0 Å². The van der Waals surface area contributed by atoms with Crippen molar-refractivity contribution < 1.29 is 33.9 Å². The van der Waals surface area contributed by atoms with Crippen molar-refractivity contribution in [2.75, 3.05) is 6.54 Å². The number of azide groups is 1. The van der Waals surface area contributed by atoms with E-state index in [0.29, 0.717) is 22.0 Å². The first kappa shape index (κ1) is 31.6. The standard InChI is InChI=1S/C32H29N7O7S/c1-32(2)25(31(45)46)39-29(44)24(30(39)47-32)35-26(41)23(16-8-4-3-5-9-16)34-21(40)12-7-15-38-27(42)18-11-6-10-17-20(36-37-33)14-13-19(22(17)18)28(38)43/h3-6,8-11,13-14,23-25,30H,7,12,15H2,1-2H3,(H,34,40)(H,35,41)(H,45,46)/t23?,24-,25-,30-/m1/s1. The maximum Gasteiger partial charge on any atom is 0.327 e. The number of amides is 5. The third-order valence-electron chi connectivity index (χ3n) is 8.58. The summed E-state index contributed by atoms with van der Waals surface area (Å²) in [6.07, 6.45) is -0.0152. The molecule has 3 aliphatic rings. The normalized spacial score (nSPS) is 21.4. The average molecular weight is 656 g/mol. The fraction of sp³-hybridized carbons (Fsp3) is 0.312. The number of carboxylic acid groups (broad SMARTS) is 1. The summed E-state index contributed by atoms with van der Waals surface area (Å²) in [6.45, 7) is 3.41. The zero-order chi connectivity index (χ0) is 33.6. The molecule has 3 aromatic carbocycles. The Morgan fingerprint density at radius 1 is 1.02 bits per heavy atom. The Hall–Kier alpha value is -5.40. The van der Waals surface area contributed by atoms with Crippen molar-refractivity contribution in [3.8, 4) is 0 Å². The molecule has 3 aliphatic heterocycles. The summed E-state index contributed by atoms with van der Waals surface area (Å²) in [6, 6.07) is 13.2. The minimum absolute atomic E-state index is 0.0624. The average Bonchev–Trinajstić information content (AvgIpc) is 3.31. The summed E-state index contributed by atoms with van der Waals surface area (Å²) >= 11 is 1.29. The first-order valence-corrected chi connectivity index (χ1v) is 15.7. The van der Waals surface area contributed by atoms with Gasteiger partial charge in [0.1, 0.15) is 23.5 Å². The van der Waals surface area contributed by atoms with Gasteiger partial charge in [-0.05, 0) is 48.9 Å². The lowest BCUT2D eigenvalue weighted by atomic mass is 9.93. The summed E-state index contributed by atoms with van der Waals surface area (Å²) < 4.78 is -0.765. The van der Waals surface area contributed by atoms with E-state index in [0.717, 1.165) is 4.90 Å². The highest BCUT2D eigenvalue weighted by Crippen LogP contribution is 2.50. The largest absolute Gasteiger partial charge is 0.480 e. The second-order valence-electron chi connectivity index (χ2n) is 11.9. The Morgan fingerprint density at radius 2 is 1.72 bits per heavy atom. The third kappa shape index (κ3) is 5.42. The molecule has 6 rings (SSSR count). The van der Waals surface area contributed by atoms with E-state index in [1.165, 1.54) is 28.8 Å². The van der Waals surface area contributed by atoms with Crippen molar-refractivity contribution in [3.05, 3.63) is 87.8 Å². The molecule has 240 valence electrons. The molecule has 0 aliphatic carbocycles. The Morgan fingerprint density at radius 3 is 2.40 bits per heavy atom. The lowest BCUT2D eigenvalue weighted by Gasteiger charge is -2.44. The summed E-state index contributed by atoms with van der Waals surface area (Å²) in [5.41, 5.74) is 10.2. The second-order valence-corrected chi connectivity index (χ2v) is 13.7. The Kier molecular flexibility index (Phi) is 8.12. The fourth-order valence-electron chi connectivity index (χ4n) is 6.43. The van der Waals surface area contributed by atoms with Crippen molar-refractivity contribution in [2.24, 2.45) is 5.11 Å². The summed E-state index contributed by atoms with van der Waals surface area (Å²) in [5, 5.41) is 19.1. The molecule has 3 aromatic rings. The highest BCUT2D eigenvalue weighted by molar-refractivity contribution is 8.01. The fourth-order valence-corrected chi connectivity index (χ4v) is 8.05. The number of benzene rings is 3. The van der Waals surface area contributed by atoms with Crippen LogP contribution < -0.4 is 10.6 Å². The minimum atomic E-state index is -1.16. The van der Waals surface area contributed by atoms with Crippen LogP contribution in [0.2, 0.25) is 0 Å². The molecule has 0 aromatic heterocycles. The molecule has 2 saturated heterocycles. The molecule has 2 fully saturated rings. The number of carbonyl (C=O) groups excluding carboxylic acids is 5. The van der Waals surface area contributed by atoms with Crippen LogP contribution in [0.5, 0.6) is 0 Å². The van der Waals surface area contributed by atoms with Gasteiger partial charge in [-0.1, -0.05) is 53.6 Å². The number of nitrogens with one attached hydrogen (secondary N) is 2. The highest BCUT2D eigenvalue weighted by Gasteiger charge is 2.64. The van der Waals surface area contributed by atoms with Crippen LogP contribution in [0.25, 0.3) is 21.2 Å². The smallest absolute Gasteiger partial charge is 0.327 e. The van der Waals surface area contributed by atoms with E-state index in [-0.39, 0.29) is 30.5 Å². The van der Waals surface area contributed by atoms with Gasteiger partial charge in [0.2, 0.25) is 17.7 Å². The Balaban J connectivity index is 1.12. The monoisotopic (exact) mass is 655 g/mol. The number of nitrogens with zero attached hydrogens (tertiary/aromatic N) is 5. The number of carboxylic acids is 1. The van der Waals surface area contributed by atoms with E-state index in [2.05, 4.69) is 20.7 Å². The van der Waals surface area contributed by atoms with Crippen LogP contribution in [0.1, 0.15) is 59.0 Å². The van der Waals surface area contributed by atoms with Gasteiger partial charge in [0.15, 0.2) is 0 Å². The number of fused-ring (bicyclic) bond motifs is 1. The molecule has 0 saturated carbocycles. The van der Waals surface area contributed by atoms with Crippen molar-refractivity contribution in [1.82, 2.24) is 20.4 Å². The first-order chi connectivity index (χ1) is 22.4. The maximum atomic E-state index is 13.5. The summed E-state index contributed by atoms with van der Waals surface area (Å²) in [7, 11) is 0. The molecule has 47 heavy (non-hydrogen) atoms. The number of aliphatic carboxylic acids is 1.